The number of ether oxygens (including phenoxy) is 2. The van der Waals surface area contributed by atoms with E-state index in [-0.39, 0.29) is 23.3 Å². The van der Waals surface area contributed by atoms with E-state index < -0.39 is 9.84 Å². The van der Waals surface area contributed by atoms with Crippen molar-refractivity contribution >= 4 is 15.7 Å². The lowest BCUT2D eigenvalue weighted by Crippen LogP contribution is -2.29. The van der Waals surface area contributed by atoms with Gasteiger partial charge in [-0.3, -0.25) is 4.79 Å². The van der Waals surface area contributed by atoms with E-state index in [1.165, 1.54) is 0 Å². The molecule has 1 saturated heterocycles. The average Bonchev–Trinajstić information content (AvgIpc) is 2.71. The molecule has 1 fully saturated rings. The summed E-state index contributed by atoms with van der Waals surface area (Å²) in [6.45, 7) is 1.55. The Labute approximate surface area is 129 Å². The van der Waals surface area contributed by atoms with Crippen LogP contribution in [-0.2, 0) is 9.84 Å². The van der Waals surface area contributed by atoms with Crippen molar-refractivity contribution in [1.29, 1.82) is 0 Å². The maximum absolute atomic E-state index is 12.2. The Morgan fingerprint density at radius 3 is 2.73 bits per heavy atom. The number of amides is 1. The molecule has 3 rings (SSSR count). The van der Waals surface area contributed by atoms with Crippen LogP contribution in [0.15, 0.2) is 18.2 Å². The van der Waals surface area contributed by atoms with Crippen molar-refractivity contribution in [1.82, 2.24) is 5.32 Å². The van der Waals surface area contributed by atoms with E-state index >= 15 is 0 Å². The molecule has 2 aliphatic heterocycles. The summed E-state index contributed by atoms with van der Waals surface area (Å²) < 4.78 is 33.9. The van der Waals surface area contributed by atoms with Gasteiger partial charge in [-0.1, -0.05) is 0 Å². The van der Waals surface area contributed by atoms with Crippen LogP contribution >= 0.6 is 0 Å². The zero-order chi connectivity index (χ0) is 15.6. The fourth-order valence-electron chi connectivity index (χ4n) is 2.68. The highest BCUT2D eigenvalue weighted by Gasteiger charge is 2.28. The van der Waals surface area contributed by atoms with Gasteiger partial charge < -0.3 is 14.8 Å². The van der Waals surface area contributed by atoms with Crippen LogP contribution in [0.2, 0.25) is 0 Å². The molecule has 7 heteroatoms. The number of hydrogen-bond donors (Lipinski definition) is 1. The Hall–Kier alpha value is -1.76. The number of nitrogens with one attached hydrogen (secondary N) is 1. The first-order valence-electron chi connectivity index (χ1n) is 7.42. The molecular formula is C15H19NO5S. The quantitative estimate of drug-likeness (QED) is 0.897. The molecule has 6 nitrogen and oxygen atoms in total. The highest BCUT2D eigenvalue weighted by molar-refractivity contribution is 7.91. The van der Waals surface area contributed by atoms with Crippen LogP contribution < -0.4 is 14.8 Å². The number of sulfone groups is 1. The number of carbonyl (C=O) groups is 1. The van der Waals surface area contributed by atoms with Crippen molar-refractivity contribution in [2.24, 2.45) is 5.92 Å². The van der Waals surface area contributed by atoms with Gasteiger partial charge in [0.15, 0.2) is 21.3 Å². The van der Waals surface area contributed by atoms with E-state index in [9.17, 15) is 13.2 Å². The van der Waals surface area contributed by atoms with Crippen LogP contribution in [0.5, 0.6) is 11.5 Å². The van der Waals surface area contributed by atoms with Crippen LogP contribution in [-0.4, -0.2) is 45.6 Å². The minimum absolute atomic E-state index is 0.00867. The standard InChI is InChI=1S/C15H19NO5S/c17-15(16-9-11-4-7-22(18,19)10-11)12-2-3-13-14(8-12)21-6-1-5-20-13/h2-3,8,11H,1,4-7,9-10H2,(H,16,17)/t11-/m1/s1. The van der Waals surface area contributed by atoms with E-state index in [1.807, 2.05) is 0 Å². The van der Waals surface area contributed by atoms with E-state index in [4.69, 9.17) is 9.47 Å². The highest BCUT2D eigenvalue weighted by Crippen LogP contribution is 2.30. The highest BCUT2D eigenvalue weighted by atomic mass is 32.2. The van der Waals surface area contributed by atoms with Crippen molar-refractivity contribution in [3.05, 3.63) is 23.8 Å². The maximum Gasteiger partial charge on any atom is 0.251 e. The minimum atomic E-state index is -2.91. The van der Waals surface area contributed by atoms with Gasteiger partial charge in [-0.2, -0.15) is 0 Å². The summed E-state index contributed by atoms with van der Waals surface area (Å²) in [6, 6.07) is 5.09. The van der Waals surface area contributed by atoms with Gasteiger partial charge in [0.2, 0.25) is 0 Å². The predicted molar refractivity (Wildman–Crippen MR) is 81.1 cm³/mol. The molecule has 1 amide bonds. The summed E-state index contributed by atoms with van der Waals surface area (Å²) in [7, 11) is -2.91. The normalized spacial score (nSPS) is 22.8. The van der Waals surface area contributed by atoms with Crippen molar-refractivity contribution in [2.45, 2.75) is 12.8 Å². The molecule has 2 aliphatic rings. The molecule has 0 unspecified atom stereocenters. The molecule has 1 aromatic carbocycles. The van der Waals surface area contributed by atoms with Gasteiger partial charge in [0.05, 0.1) is 24.7 Å². The molecule has 22 heavy (non-hydrogen) atoms. The van der Waals surface area contributed by atoms with Gasteiger partial charge >= 0.3 is 0 Å². The summed E-state index contributed by atoms with van der Waals surface area (Å²) in [5.41, 5.74) is 0.491. The third kappa shape index (κ3) is 3.52. The Morgan fingerprint density at radius 1 is 1.23 bits per heavy atom. The lowest BCUT2D eigenvalue weighted by Gasteiger charge is -2.11. The van der Waals surface area contributed by atoms with Gasteiger partial charge in [-0.15, -0.1) is 0 Å². The summed E-state index contributed by atoms with van der Waals surface area (Å²) in [6.07, 6.45) is 1.43. The van der Waals surface area contributed by atoms with Gasteiger partial charge in [-0.25, -0.2) is 8.42 Å². The second-order valence-corrected chi connectivity index (χ2v) is 7.92. The second-order valence-electron chi connectivity index (χ2n) is 5.69. The molecule has 1 aromatic rings. The SMILES string of the molecule is O=C(NC[C@H]1CCS(=O)(=O)C1)c1ccc2c(c1)OCCCO2. The first-order chi connectivity index (χ1) is 10.5. The van der Waals surface area contributed by atoms with Gasteiger partial charge in [0.1, 0.15) is 0 Å². The summed E-state index contributed by atoms with van der Waals surface area (Å²) in [5.74, 6) is 1.39. The number of rotatable bonds is 3. The monoisotopic (exact) mass is 325 g/mol. The van der Waals surface area contributed by atoms with E-state index in [0.29, 0.717) is 43.2 Å². The van der Waals surface area contributed by atoms with Crippen molar-refractivity contribution < 1.29 is 22.7 Å². The number of fused-ring (bicyclic) bond motifs is 1. The molecule has 0 aliphatic carbocycles. The fourth-order valence-corrected chi connectivity index (χ4v) is 4.54. The van der Waals surface area contributed by atoms with Crippen LogP contribution in [0, 0.1) is 5.92 Å². The van der Waals surface area contributed by atoms with E-state index in [1.54, 1.807) is 18.2 Å². The molecule has 0 bridgehead atoms. The first kappa shape index (κ1) is 15.1. The van der Waals surface area contributed by atoms with Crippen LogP contribution in [0.4, 0.5) is 0 Å². The molecule has 0 spiro atoms. The number of hydrogen-bond acceptors (Lipinski definition) is 5. The molecule has 120 valence electrons. The molecule has 0 saturated carbocycles. The second kappa shape index (κ2) is 6.16. The smallest absolute Gasteiger partial charge is 0.251 e. The Morgan fingerprint density at radius 2 is 2.00 bits per heavy atom. The average molecular weight is 325 g/mol. The fraction of sp³-hybridized carbons (Fsp3) is 0.533. The molecular weight excluding hydrogens is 306 g/mol. The Kier molecular flexibility index (Phi) is 4.24. The van der Waals surface area contributed by atoms with Crippen LogP contribution in [0.3, 0.4) is 0 Å². The Balaban J connectivity index is 1.62. The summed E-state index contributed by atoms with van der Waals surface area (Å²) >= 11 is 0. The molecule has 0 radical (unpaired) electrons. The summed E-state index contributed by atoms with van der Waals surface area (Å²) in [5, 5.41) is 2.80. The van der Waals surface area contributed by atoms with E-state index in [0.717, 1.165) is 6.42 Å². The molecule has 1 N–H and O–H groups in total. The largest absolute Gasteiger partial charge is 0.490 e. The van der Waals surface area contributed by atoms with Crippen molar-refractivity contribution in [3.63, 3.8) is 0 Å². The first-order valence-corrected chi connectivity index (χ1v) is 9.24. The molecule has 1 atom stereocenters. The van der Waals surface area contributed by atoms with Gasteiger partial charge in [-0.05, 0) is 30.5 Å². The van der Waals surface area contributed by atoms with Crippen LogP contribution in [0.25, 0.3) is 0 Å². The maximum atomic E-state index is 12.2. The zero-order valence-corrected chi connectivity index (χ0v) is 13.0. The number of carbonyl (C=O) groups excluding carboxylic acids is 1. The lowest BCUT2D eigenvalue weighted by molar-refractivity contribution is 0.0948. The zero-order valence-electron chi connectivity index (χ0n) is 12.2. The van der Waals surface area contributed by atoms with Crippen molar-refractivity contribution in [3.8, 4) is 11.5 Å². The molecule has 0 aromatic heterocycles. The number of benzene rings is 1. The van der Waals surface area contributed by atoms with Crippen molar-refractivity contribution in [2.75, 3.05) is 31.3 Å². The topological polar surface area (TPSA) is 81.7 Å². The third-order valence-corrected chi connectivity index (χ3v) is 5.72. The van der Waals surface area contributed by atoms with Crippen LogP contribution in [0.1, 0.15) is 23.2 Å². The summed E-state index contributed by atoms with van der Waals surface area (Å²) in [4.78, 5) is 12.2. The van der Waals surface area contributed by atoms with E-state index in [2.05, 4.69) is 5.32 Å². The lowest BCUT2D eigenvalue weighted by atomic mass is 10.1. The Bertz CT molecular complexity index is 671. The van der Waals surface area contributed by atoms with Gasteiger partial charge in [0.25, 0.3) is 5.91 Å². The third-order valence-electron chi connectivity index (χ3n) is 3.89. The predicted octanol–water partition coefficient (Wildman–Crippen LogP) is 1.01. The van der Waals surface area contributed by atoms with Gasteiger partial charge in [0, 0.05) is 18.5 Å². The molecule has 2 heterocycles. The minimum Gasteiger partial charge on any atom is -0.490 e.